The molecule has 0 saturated carbocycles. The fraction of sp³-hybridized carbons (Fsp3) is 0.545. The van der Waals surface area contributed by atoms with Crippen molar-refractivity contribution in [3.05, 3.63) is 29.8 Å². The van der Waals surface area contributed by atoms with Crippen LogP contribution in [0.4, 0.5) is 5.82 Å². The van der Waals surface area contributed by atoms with Gasteiger partial charge in [-0.05, 0) is 31.0 Å². The number of benzene rings is 1. The highest BCUT2D eigenvalue weighted by atomic mass is 16.5. The summed E-state index contributed by atoms with van der Waals surface area (Å²) in [5, 5.41) is 1.03. The third kappa shape index (κ3) is 5.13. The Morgan fingerprint density at radius 3 is 2.43 bits per heavy atom. The standard InChI is InChI=1S/C22H33N3O3/c1-7-16(8-2)22(26)25(11-12-27-5)15-18-13-17-9-10-19(28-6)14-20(17)23-21(18)24(3)4/h9-10,13-14,16H,7-8,11-12,15H2,1-6H3. The van der Waals surface area contributed by atoms with E-state index in [1.807, 2.05) is 42.1 Å². The minimum absolute atomic E-state index is 0.0392. The molecule has 6 heteroatoms. The summed E-state index contributed by atoms with van der Waals surface area (Å²) >= 11 is 0. The lowest BCUT2D eigenvalue weighted by molar-refractivity contribution is -0.137. The molecule has 28 heavy (non-hydrogen) atoms. The van der Waals surface area contributed by atoms with Gasteiger partial charge in [-0.2, -0.15) is 0 Å². The molecule has 0 spiro atoms. The largest absolute Gasteiger partial charge is 0.497 e. The first kappa shape index (κ1) is 22.0. The van der Waals surface area contributed by atoms with Gasteiger partial charge in [0.25, 0.3) is 0 Å². The molecule has 0 saturated heterocycles. The number of hydrogen-bond donors (Lipinski definition) is 0. The van der Waals surface area contributed by atoms with Crippen LogP contribution in [0, 0.1) is 5.92 Å². The Balaban J connectivity index is 2.43. The molecule has 0 aliphatic rings. The van der Waals surface area contributed by atoms with Crippen molar-refractivity contribution < 1.29 is 14.3 Å². The number of carbonyl (C=O) groups is 1. The average Bonchev–Trinajstić information content (AvgIpc) is 2.70. The van der Waals surface area contributed by atoms with Crippen LogP contribution >= 0.6 is 0 Å². The molecule has 2 aromatic rings. The molecule has 0 fully saturated rings. The van der Waals surface area contributed by atoms with E-state index in [1.54, 1.807) is 14.2 Å². The number of hydrogen-bond acceptors (Lipinski definition) is 5. The van der Waals surface area contributed by atoms with Gasteiger partial charge in [-0.1, -0.05) is 13.8 Å². The average molecular weight is 388 g/mol. The molecule has 0 unspecified atom stereocenters. The molecule has 1 heterocycles. The van der Waals surface area contributed by atoms with Crippen LogP contribution < -0.4 is 9.64 Å². The molecule has 2 rings (SSSR count). The van der Waals surface area contributed by atoms with Crippen LogP contribution in [-0.2, 0) is 16.1 Å². The van der Waals surface area contributed by atoms with Gasteiger partial charge in [0.15, 0.2) is 0 Å². The van der Waals surface area contributed by atoms with Crippen molar-refractivity contribution in [2.75, 3.05) is 46.4 Å². The summed E-state index contributed by atoms with van der Waals surface area (Å²) in [6.07, 6.45) is 1.68. The monoisotopic (exact) mass is 387 g/mol. The van der Waals surface area contributed by atoms with Crippen molar-refractivity contribution in [3.63, 3.8) is 0 Å². The molecule has 0 atom stereocenters. The lowest BCUT2D eigenvalue weighted by atomic mass is 10.0. The number of amides is 1. The predicted molar refractivity (Wildman–Crippen MR) is 114 cm³/mol. The van der Waals surface area contributed by atoms with Gasteiger partial charge < -0.3 is 19.3 Å². The fourth-order valence-electron chi connectivity index (χ4n) is 3.38. The Labute approximate surface area is 168 Å². The first-order chi connectivity index (χ1) is 13.4. The van der Waals surface area contributed by atoms with Crippen LogP contribution in [0.15, 0.2) is 24.3 Å². The Bertz CT molecular complexity index is 788. The van der Waals surface area contributed by atoms with E-state index in [0.29, 0.717) is 19.7 Å². The molecule has 0 radical (unpaired) electrons. The SMILES string of the molecule is CCC(CC)C(=O)N(CCOC)Cc1cc2ccc(OC)cc2nc1N(C)C. The summed E-state index contributed by atoms with van der Waals surface area (Å²) in [5.41, 5.74) is 1.90. The zero-order valence-corrected chi connectivity index (χ0v) is 18.0. The van der Waals surface area contributed by atoms with Crippen LogP contribution in [0.5, 0.6) is 5.75 Å². The summed E-state index contributed by atoms with van der Waals surface area (Å²) in [7, 11) is 7.26. The Kier molecular flexibility index (Phi) is 8.05. The second kappa shape index (κ2) is 10.3. The van der Waals surface area contributed by atoms with Gasteiger partial charge in [0.2, 0.25) is 5.91 Å². The first-order valence-electron chi connectivity index (χ1n) is 9.87. The van der Waals surface area contributed by atoms with E-state index in [-0.39, 0.29) is 11.8 Å². The third-order valence-electron chi connectivity index (χ3n) is 5.08. The van der Waals surface area contributed by atoms with Gasteiger partial charge in [-0.25, -0.2) is 4.98 Å². The molecule has 0 bridgehead atoms. The summed E-state index contributed by atoms with van der Waals surface area (Å²) in [5.74, 6) is 1.86. The molecule has 1 amide bonds. The van der Waals surface area contributed by atoms with Crippen molar-refractivity contribution in [2.45, 2.75) is 33.2 Å². The number of aromatic nitrogens is 1. The van der Waals surface area contributed by atoms with E-state index in [2.05, 4.69) is 19.9 Å². The molecule has 1 aromatic heterocycles. The predicted octanol–water partition coefficient (Wildman–Crippen LogP) is 3.72. The van der Waals surface area contributed by atoms with Gasteiger partial charge in [-0.3, -0.25) is 4.79 Å². The number of methoxy groups -OCH3 is 2. The molecule has 0 aliphatic carbocycles. The summed E-state index contributed by atoms with van der Waals surface area (Å²) in [6, 6.07) is 7.99. The summed E-state index contributed by atoms with van der Waals surface area (Å²) in [4.78, 5) is 21.8. The van der Waals surface area contributed by atoms with E-state index in [0.717, 1.165) is 40.9 Å². The molecular weight excluding hydrogens is 354 g/mol. The normalized spacial score (nSPS) is 11.1. The number of anilines is 1. The van der Waals surface area contributed by atoms with Crippen molar-refractivity contribution in [2.24, 2.45) is 5.92 Å². The molecular formula is C22H33N3O3. The summed E-state index contributed by atoms with van der Waals surface area (Å²) in [6.45, 7) is 5.73. The van der Waals surface area contributed by atoms with Crippen LogP contribution in [0.1, 0.15) is 32.3 Å². The van der Waals surface area contributed by atoms with E-state index in [1.165, 1.54) is 0 Å². The third-order valence-corrected chi connectivity index (χ3v) is 5.08. The topological polar surface area (TPSA) is 54.9 Å². The molecule has 154 valence electrons. The van der Waals surface area contributed by atoms with Crippen LogP contribution in [0.2, 0.25) is 0 Å². The van der Waals surface area contributed by atoms with Crippen LogP contribution in [-0.4, -0.2) is 57.3 Å². The highest BCUT2D eigenvalue weighted by Crippen LogP contribution is 2.27. The Hall–Kier alpha value is -2.34. The molecule has 1 aromatic carbocycles. The number of fused-ring (bicyclic) bond motifs is 1. The lowest BCUT2D eigenvalue weighted by Gasteiger charge is -2.28. The maximum Gasteiger partial charge on any atom is 0.226 e. The highest BCUT2D eigenvalue weighted by molar-refractivity contribution is 5.84. The lowest BCUT2D eigenvalue weighted by Crippen LogP contribution is -2.38. The second-order valence-corrected chi connectivity index (χ2v) is 7.19. The van der Waals surface area contributed by atoms with Gasteiger partial charge in [0, 0.05) is 57.2 Å². The van der Waals surface area contributed by atoms with Crippen molar-refractivity contribution in [1.29, 1.82) is 0 Å². The number of carbonyl (C=O) groups excluding carboxylic acids is 1. The number of rotatable bonds is 10. The second-order valence-electron chi connectivity index (χ2n) is 7.19. The van der Waals surface area contributed by atoms with Crippen LogP contribution in [0.3, 0.4) is 0 Å². The maximum atomic E-state index is 13.1. The zero-order valence-electron chi connectivity index (χ0n) is 18.0. The van der Waals surface area contributed by atoms with Gasteiger partial charge in [0.05, 0.1) is 19.2 Å². The van der Waals surface area contributed by atoms with Crippen molar-refractivity contribution >= 4 is 22.6 Å². The smallest absolute Gasteiger partial charge is 0.226 e. The zero-order chi connectivity index (χ0) is 20.7. The van der Waals surface area contributed by atoms with E-state index in [9.17, 15) is 4.79 Å². The molecule has 6 nitrogen and oxygen atoms in total. The minimum atomic E-state index is 0.0392. The number of nitrogens with zero attached hydrogens (tertiary/aromatic N) is 3. The van der Waals surface area contributed by atoms with Gasteiger partial charge >= 0.3 is 0 Å². The van der Waals surface area contributed by atoms with E-state index < -0.39 is 0 Å². The molecule has 0 aliphatic heterocycles. The van der Waals surface area contributed by atoms with Gasteiger partial charge in [-0.15, -0.1) is 0 Å². The highest BCUT2D eigenvalue weighted by Gasteiger charge is 2.23. The maximum absolute atomic E-state index is 13.1. The quantitative estimate of drug-likeness (QED) is 0.622. The Morgan fingerprint density at radius 1 is 1.14 bits per heavy atom. The Morgan fingerprint density at radius 2 is 1.86 bits per heavy atom. The first-order valence-corrected chi connectivity index (χ1v) is 9.87. The number of ether oxygens (including phenoxy) is 2. The number of pyridine rings is 1. The van der Waals surface area contributed by atoms with Crippen molar-refractivity contribution in [3.8, 4) is 5.75 Å². The van der Waals surface area contributed by atoms with E-state index >= 15 is 0 Å². The fourth-order valence-corrected chi connectivity index (χ4v) is 3.38. The van der Waals surface area contributed by atoms with Crippen LogP contribution in [0.25, 0.3) is 10.9 Å². The minimum Gasteiger partial charge on any atom is -0.497 e. The van der Waals surface area contributed by atoms with Crippen molar-refractivity contribution in [1.82, 2.24) is 9.88 Å². The van der Waals surface area contributed by atoms with E-state index in [4.69, 9.17) is 14.5 Å². The molecule has 0 N–H and O–H groups in total. The summed E-state index contributed by atoms with van der Waals surface area (Å²) < 4.78 is 10.6. The van der Waals surface area contributed by atoms with Gasteiger partial charge in [0.1, 0.15) is 11.6 Å².